The Balaban J connectivity index is 1.16. The van der Waals surface area contributed by atoms with E-state index in [0.717, 1.165) is 0 Å². The predicted molar refractivity (Wildman–Crippen MR) is 477 cm³/mol. The maximum absolute atomic E-state index is 7.34. The van der Waals surface area contributed by atoms with Gasteiger partial charge < -0.3 is 8.23 Å². The van der Waals surface area contributed by atoms with Crippen LogP contribution in [0.4, 0.5) is 0 Å². The zero-order valence-electron chi connectivity index (χ0n) is 66.6. The van der Waals surface area contributed by atoms with E-state index in [1.807, 2.05) is 83.0 Å². The largest absolute Gasteiger partial charge is 0.449 e. The van der Waals surface area contributed by atoms with Crippen molar-refractivity contribution in [2.24, 2.45) is 0 Å². The standard InChI is InChI=1S/C70H130O2Si20/c1-73(2)51-41-55-56(42-52(51)74(3,4)71-73)78(11,12)82(19,20)60-46-64-63(45-59(60)81(17,18)77(55,9)10)85(25,26)89(33,34)67-49-69-70(50-68(67)90(35,36)86(64,27)28)92(39,40)88(31,32)66-48-62-61(47-65(66)87(29,30)91(69,37)38)83(21,22)79(13,14)57-43-53-54(76(7,8)72-75(53,5)6)44-58(57)80(15,16)84(62,23)24/h41-50H,1-40H3. The van der Waals surface area contributed by atoms with Crippen LogP contribution in [0.15, 0.2) is 60.7 Å². The van der Waals surface area contributed by atoms with Crippen LogP contribution < -0.4 is 104 Å². The fourth-order valence-corrected chi connectivity index (χ4v) is 136. The molecular weight excluding hydrogens is 1430 g/mol. The molecule has 5 aromatic rings. The fourth-order valence-electron chi connectivity index (χ4n) is 20.1. The van der Waals surface area contributed by atoms with E-state index in [-0.39, 0.29) is 0 Å². The van der Waals surface area contributed by atoms with Crippen molar-refractivity contribution in [2.45, 2.75) is 262 Å². The summed E-state index contributed by atoms with van der Waals surface area (Å²) in [5.74, 6) is 0. The SMILES string of the molecule is C[Si]1(C)O[Si](C)(C)c2cc3c(cc21)[Si](C)(C)[Si](C)(C)c1cc2c(cc1[Si](C)(C)[Si]3(C)C)[Si](C)(C)[Si](C)(C)c1cc3c(cc1[Si](C)(C)[Si]2(C)C)[Si](C)(C)[Si](C)(C)c1cc2c(cc1[Si](C)(C)[Si]3(C)C)[Si](C)(C)[Si](C)(C)c1cc3c(cc1[Si](C)(C)[Si]2(C)C)[Si](C)(C)O[Si]3(C)C. The molecule has 0 atom stereocenters. The van der Waals surface area contributed by atoms with E-state index in [1.54, 1.807) is 20.7 Å². The van der Waals surface area contributed by atoms with Gasteiger partial charge in [0.25, 0.3) is 0 Å². The third-order valence-electron chi connectivity index (χ3n) is 32.7. The summed E-state index contributed by atoms with van der Waals surface area (Å²) in [4.78, 5) is 0. The molecule has 6 heterocycles. The van der Waals surface area contributed by atoms with E-state index < -0.39 is 155 Å². The van der Waals surface area contributed by atoms with E-state index >= 15 is 0 Å². The van der Waals surface area contributed by atoms with E-state index in [9.17, 15) is 0 Å². The highest BCUT2D eigenvalue weighted by molar-refractivity contribution is 7.62. The zero-order chi connectivity index (χ0) is 70.0. The van der Waals surface area contributed by atoms with Gasteiger partial charge in [-0.25, -0.2) is 0 Å². The summed E-state index contributed by atoms with van der Waals surface area (Å²) in [6, 6.07) is 30.6. The minimum atomic E-state index is -2.22. The minimum absolute atomic E-state index is 1.67. The van der Waals surface area contributed by atoms with Crippen LogP contribution in [0, 0.1) is 0 Å². The van der Waals surface area contributed by atoms with E-state index in [1.165, 1.54) is 0 Å². The first-order valence-corrected chi connectivity index (χ1v) is 104. The third-order valence-corrected chi connectivity index (χ3v) is 191. The van der Waals surface area contributed by atoms with Gasteiger partial charge >= 0.3 is 0 Å². The van der Waals surface area contributed by atoms with E-state index in [0.29, 0.717) is 0 Å². The maximum Gasteiger partial charge on any atom is 0.206 e. The Bertz CT molecular complexity index is 3580. The van der Waals surface area contributed by atoms with Crippen LogP contribution in [0.25, 0.3) is 0 Å². The number of benzene rings is 5. The fraction of sp³-hybridized carbons (Fsp3) is 0.571. The molecule has 92 heavy (non-hydrogen) atoms. The molecule has 6 aliphatic heterocycles. The van der Waals surface area contributed by atoms with E-state index in [4.69, 9.17) is 8.23 Å². The van der Waals surface area contributed by atoms with Gasteiger partial charge in [-0.05, 0) is 73.1 Å². The Morgan fingerprint density at radius 1 is 0.120 bits per heavy atom. The van der Waals surface area contributed by atoms with Crippen molar-refractivity contribution >= 4 is 258 Å². The average Bonchev–Trinajstić information content (AvgIpc) is 0.715. The van der Waals surface area contributed by atoms with Crippen LogP contribution in [0.1, 0.15) is 0 Å². The minimum Gasteiger partial charge on any atom is -0.449 e. The summed E-state index contributed by atoms with van der Waals surface area (Å²) in [5.41, 5.74) is 0. The second-order valence-electron chi connectivity index (χ2n) is 42.0. The van der Waals surface area contributed by atoms with Crippen molar-refractivity contribution < 1.29 is 8.23 Å². The molecule has 0 aliphatic carbocycles. The highest BCUT2D eigenvalue weighted by Crippen LogP contribution is 2.37. The lowest BCUT2D eigenvalue weighted by Crippen LogP contribution is -2.90. The van der Waals surface area contributed by atoms with Gasteiger partial charge in [0.1, 0.15) is 0 Å². The molecule has 0 bridgehead atoms. The zero-order valence-corrected chi connectivity index (χ0v) is 86.6. The molecule has 0 radical (unpaired) electrons. The molecule has 2 nitrogen and oxygen atoms in total. The van der Waals surface area contributed by atoms with Crippen molar-refractivity contribution in [2.75, 3.05) is 0 Å². The molecule has 6 aliphatic rings. The quantitative estimate of drug-likeness (QED) is 0.150. The summed E-state index contributed by atoms with van der Waals surface area (Å²) in [5, 5.41) is 37.6. The molecule has 5 aromatic carbocycles. The normalized spacial score (nSPS) is 27.5. The van der Waals surface area contributed by atoms with Gasteiger partial charge in [0.2, 0.25) is 33.3 Å². The summed E-state index contributed by atoms with van der Waals surface area (Å²) in [6.07, 6.45) is 0. The Morgan fingerprint density at radius 3 is 0.261 bits per heavy atom. The molecule has 0 spiro atoms. The Labute approximate surface area is 583 Å². The van der Waals surface area contributed by atoms with Gasteiger partial charge in [-0.3, -0.25) is 0 Å². The van der Waals surface area contributed by atoms with Gasteiger partial charge in [0.05, 0.1) is 121 Å². The van der Waals surface area contributed by atoms with Gasteiger partial charge in [-0.15, -0.1) is 0 Å². The van der Waals surface area contributed by atoms with Crippen molar-refractivity contribution in [1.29, 1.82) is 0 Å². The Kier molecular flexibility index (Phi) is 16.1. The van der Waals surface area contributed by atoms with Crippen LogP contribution in [-0.2, 0) is 8.23 Å². The summed E-state index contributed by atoms with van der Waals surface area (Å²) >= 11 is 0. The van der Waals surface area contributed by atoms with E-state index in [2.05, 4.69) is 323 Å². The van der Waals surface area contributed by atoms with Crippen LogP contribution in [0.3, 0.4) is 0 Å². The number of hydrogen-bond donors (Lipinski definition) is 0. The Morgan fingerprint density at radius 2 is 0.185 bits per heavy atom. The van der Waals surface area contributed by atoms with Gasteiger partial charge in [-0.1, -0.05) is 353 Å². The first-order valence-electron chi connectivity index (χ1n) is 36.1. The van der Waals surface area contributed by atoms with Crippen molar-refractivity contribution in [3.05, 3.63) is 60.7 Å². The molecule has 0 aromatic heterocycles. The Hall–Kier alpha value is 0.358. The molecule has 0 saturated carbocycles. The molecule has 502 valence electrons. The first-order chi connectivity index (χ1) is 40.7. The number of fused-ring (bicyclic) bond motifs is 10. The molecule has 0 amide bonds. The van der Waals surface area contributed by atoms with Crippen LogP contribution in [0.5, 0.6) is 0 Å². The highest BCUT2D eigenvalue weighted by atomic mass is 29.3. The average molecular weight is 1570 g/mol. The van der Waals surface area contributed by atoms with Crippen molar-refractivity contribution in [1.82, 2.24) is 0 Å². The highest BCUT2D eigenvalue weighted by Gasteiger charge is 2.65. The molecule has 0 N–H and O–H groups in total. The second kappa shape index (κ2) is 20.2. The smallest absolute Gasteiger partial charge is 0.206 e. The molecule has 22 heteroatoms. The van der Waals surface area contributed by atoms with Gasteiger partial charge in [-0.2, -0.15) is 0 Å². The lowest BCUT2D eigenvalue weighted by atomic mass is 10.3. The maximum atomic E-state index is 7.34. The topological polar surface area (TPSA) is 18.5 Å². The summed E-state index contributed by atoms with van der Waals surface area (Å²) < 4.78 is 14.7. The summed E-state index contributed by atoms with van der Waals surface area (Å²) in [6.45, 7) is 114. The molecule has 0 saturated heterocycles. The monoisotopic (exact) mass is 1560 g/mol. The third kappa shape index (κ3) is 8.92. The molecule has 0 fully saturated rings. The number of rotatable bonds is 0. The van der Waals surface area contributed by atoms with Crippen molar-refractivity contribution in [3.8, 4) is 0 Å². The molecule has 0 unspecified atom stereocenters. The first kappa shape index (κ1) is 73.6. The molecule has 11 rings (SSSR count). The van der Waals surface area contributed by atoms with Gasteiger partial charge in [0.15, 0.2) is 0 Å². The predicted octanol–water partition coefficient (Wildman–Crippen LogP) is 7.52. The van der Waals surface area contributed by atoms with Crippen LogP contribution in [0.2, 0.25) is 262 Å². The molecular formula is C70H130O2Si20. The van der Waals surface area contributed by atoms with Crippen LogP contribution in [-0.4, -0.2) is 155 Å². The lowest BCUT2D eigenvalue weighted by Gasteiger charge is -2.56. The van der Waals surface area contributed by atoms with Crippen molar-refractivity contribution in [3.63, 3.8) is 0 Å². The second-order valence-corrected chi connectivity index (χ2v) is 178. The lowest BCUT2D eigenvalue weighted by molar-refractivity contribution is 0.582. The summed E-state index contributed by atoms with van der Waals surface area (Å²) in [7, 11) is -42.6. The number of hydrogen-bond acceptors (Lipinski definition) is 2. The van der Waals surface area contributed by atoms with Gasteiger partial charge in [0, 0.05) is 0 Å². The van der Waals surface area contributed by atoms with Crippen LogP contribution >= 0.6 is 0 Å².